The third-order valence-electron chi connectivity index (χ3n) is 5.38. The number of carbonyl (C=O) groups excluding carboxylic acids is 1. The van der Waals surface area contributed by atoms with Crippen LogP contribution < -0.4 is 15.7 Å². The molecule has 1 saturated heterocycles. The van der Waals surface area contributed by atoms with E-state index in [9.17, 15) is 9.59 Å². The monoisotopic (exact) mass is 443 g/mol. The lowest BCUT2D eigenvalue weighted by atomic mass is 10.0. The van der Waals surface area contributed by atoms with Gasteiger partial charge in [-0.1, -0.05) is 0 Å². The summed E-state index contributed by atoms with van der Waals surface area (Å²) in [5.41, 5.74) is 2.33. The fraction of sp³-hybridized carbons (Fsp3) is 0.409. The molecule has 8 nitrogen and oxygen atoms in total. The molecule has 3 heterocycles. The fourth-order valence-corrected chi connectivity index (χ4v) is 4.35. The smallest absolute Gasteiger partial charge is 0.339 e. The summed E-state index contributed by atoms with van der Waals surface area (Å²) < 4.78 is 16.0. The van der Waals surface area contributed by atoms with E-state index in [0.29, 0.717) is 28.4 Å². The summed E-state index contributed by atoms with van der Waals surface area (Å²) >= 11 is 1.41. The Hall–Kier alpha value is -2.75. The molecule has 1 fully saturated rings. The van der Waals surface area contributed by atoms with E-state index in [1.165, 1.54) is 11.3 Å². The van der Waals surface area contributed by atoms with Gasteiger partial charge < -0.3 is 19.2 Å². The highest BCUT2D eigenvalue weighted by atomic mass is 32.1. The number of aryl methyl sites for hydroxylation is 1. The number of hydrogen-bond donors (Lipinski definition) is 1. The molecule has 0 unspecified atom stereocenters. The Bertz CT molecular complexity index is 1130. The first-order valence-corrected chi connectivity index (χ1v) is 11.1. The summed E-state index contributed by atoms with van der Waals surface area (Å²) in [4.78, 5) is 31.7. The number of ether oxygens (including phenoxy) is 2. The number of morpholine rings is 1. The van der Waals surface area contributed by atoms with E-state index in [1.807, 2.05) is 24.4 Å². The number of methoxy groups -OCH3 is 1. The Morgan fingerprint density at radius 1 is 1.32 bits per heavy atom. The molecule has 1 aliphatic rings. The van der Waals surface area contributed by atoms with Gasteiger partial charge in [0.05, 0.1) is 26.0 Å². The normalized spacial score (nSPS) is 14.6. The summed E-state index contributed by atoms with van der Waals surface area (Å²) in [5.74, 6) is 0.444. The molecule has 1 N–H and O–H groups in total. The molecule has 0 spiro atoms. The van der Waals surface area contributed by atoms with Gasteiger partial charge in [0.25, 0.3) is 0 Å². The molecule has 2 aromatic heterocycles. The molecular weight excluding hydrogens is 418 g/mol. The van der Waals surface area contributed by atoms with Crippen LogP contribution >= 0.6 is 11.3 Å². The molecule has 31 heavy (non-hydrogen) atoms. The van der Waals surface area contributed by atoms with Crippen LogP contribution in [0.4, 0.5) is 5.13 Å². The molecule has 4 rings (SSSR count). The van der Waals surface area contributed by atoms with Crippen molar-refractivity contribution >= 4 is 33.3 Å². The van der Waals surface area contributed by atoms with Crippen molar-refractivity contribution in [2.45, 2.75) is 26.3 Å². The molecular formula is C22H25N3O5S. The van der Waals surface area contributed by atoms with Crippen LogP contribution in [0.15, 0.2) is 32.8 Å². The van der Waals surface area contributed by atoms with E-state index in [-0.39, 0.29) is 12.3 Å². The molecule has 164 valence electrons. The van der Waals surface area contributed by atoms with Crippen LogP contribution in [0.1, 0.15) is 23.2 Å². The van der Waals surface area contributed by atoms with E-state index >= 15 is 0 Å². The lowest BCUT2D eigenvalue weighted by Gasteiger charge is -2.25. The van der Waals surface area contributed by atoms with Crippen molar-refractivity contribution in [3.8, 4) is 5.75 Å². The van der Waals surface area contributed by atoms with Crippen molar-refractivity contribution in [1.29, 1.82) is 0 Å². The summed E-state index contributed by atoms with van der Waals surface area (Å²) in [5, 5.41) is 6.21. The Morgan fingerprint density at radius 3 is 2.90 bits per heavy atom. The second-order valence-corrected chi connectivity index (χ2v) is 8.29. The number of thiazole rings is 1. The first-order valence-electron chi connectivity index (χ1n) is 10.2. The average molecular weight is 444 g/mol. The van der Waals surface area contributed by atoms with Crippen molar-refractivity contribution in [2.24, 2.45) is 0 Å². The van der Waals surface area contributed by atoms with Crippen LogP contribution in [0.5, 0.6) is 5.75 Å². The second kappa shape index (κ2) is 9.59. The van der Waals surface area contributed by atoms with Crippen LogP contribution in [0.3, 0.4) is 0 Å². The Morgan fingerprint density at radius 2 is 2.13 bits per heavy atom. The number of hydrogen-bond acceptors (Lipinski definition) is 8. The predicted molar refractivity (Wildman–Crippen MR) is 119 cm³/mol. The second-order valence-electron chi connectivity index (χ2n) is 7.44. The minimum absolute atomic E-state index is 0.172. The minimum Gasteiger partial charge on any atom is -0.497 e. The third-order valence-corrected chi connectivity index (χ3v) is 6.19. The van der Waals surface area contributed by atoms with Crippen molar-refractivity contribution in [1.82, 2.24) is 9.88 Å². The third kappa shape index (κ3) is 5.12. The molecule has 0 atom stereocenters. The summed E-state index contributed by atoms with van der Waals surface area (Å²) in [7, 11) is 1.56. The maximum absolute atomic E-state index is 12.5. The lowest BCUT2D eigenvalue weighted by Crippen LogP contribution is -2.35. The quantitative estimate of drug-likeness (QED) is 0.561. The number of carbonyl (C=O) groups is 1. The van der Waals surface area contributed by atoms with Crippen molar-refractivity contribution in [3.05, 3.63) is 50.8 Å². The van der Waals surface area contributed by atoms with Crippen LogP contribution in [-0.4, -0.2) is 49.2 Å². The van der Waals surface area contributed by atoms with E-state index < -0.39 is 5.63 Å². The first kappa shape index (κ1) is 21.5. The fourth-order valence-electron chi connectivity index (χ4n) is 3.64. The number of aromatic nitrogens is 1. The molecule has 0 radical (unpaired) electrons. The number of rotatable bonds is 7. The summed E-state index contributed by atoms with van der Waals surface area (Å²) in [6, 6.07) is 5.38. The number of anilines is 1. The molecule has 1 amide bonds. The SMILES string of the molecule is COc1ccc2c(C)c(CCC(=O)Nc3nc(CN4CCOCC4)cs3)c(=O)oc2c1. The van der Waals surface area contributed by atoms with Crippen LogP contribution in [0.25, 0.3) is 11.0 Å². The highest BCUT2D eigenvalue weighted by Crippen LogP contribution is 2.24. The van der Waals surface area contributed by atoms with Gasteiger partial charge in [-0.3, -0.25) is 9.69 Å². The van der Waals surface area contributed by atoms with Gasteiger partial charge in [0.2, 0.25) is 5.91 Å². The zero-order valence-corrected chi connectivity index (χ0v) is 18.4. The molecule has 1 aliphatic heterocycles. The van der Waals surface area contributed by atoms with E-state index in [2.05, 4.69) is 15.2 Å². The average Bonchev–Trinajstić information content (AvgIpc) is 3.20. The van der Waals surface area contributed by atoms with Crippen LogP contribution in [0.2, 0.25) is 0 Å². The molecule has 9 heteroatoms. The van der Waals surface area contributed by atoms with Crippen molar-refractivity contribution in [3.63, 3.8) is 0 Å². The highest BCUT2D eigenvalue weighted by Gasteiger charge is 2.16. The maximum atomic E-state index is 12.5. The van der Waals surface area contributed by atoms with Gasteiger partial charge in [-0.25, -0.2) is 9.78 Å². The largest absolute Gasteiger partial charge is 0.497 e. The van der Waals surface area contributed by atoms with Crippen molar-refractivity contribution in [2.75, 3.05) is 38.7 Å². The molecule has 3 aromatic rings. The lowest BCUT2D eigenvalue weighted by molar-refractivity contribution is -0.116. The summed E-state index contributed by atoms with van der Waals surface area (Å²) in [6.07, 6.45) is 0.472. The highest BCUT2D eigenvalue weighted by molar-refractivity contribution is 7.13. The number of amides is 1. The Balaban J connectivity index is 1.37. The van der Waals surface area contributed by atoms with Crippen LogP contribution in [0, 0.1) is 6.92 Å². The molecule has 0 aliphatic carbocycles. The van der Waals surface area contributed by atoms with Gasteiger partial charge in [0.15, 0.2) is 5.13 Å². The van der Waals surface area contributed by atoms with Gasteiger partial charge in [-0.15, -0.1) is 11.3 Å². The molecule has 0 saturated carbocycles. The number of benzene rings is 1. The minimum atomic E-state index is -0.423. The number of nitrogens with zero attached hydrogens (tertiary/aromatic N) is 2. The molecule has 1 aromatic carbocycles. The number of fused-ring (bicyclic) bond motifs is 1. The zero-order valence-electron chi connectivity index (χ0n) is 17.6. The van der Waals surface area contributed by atoms with Gasteiger partial charge >= 0.3 is 5.63 Å². The maximum Gasteiger partial charge on any atom is 0.339 e. The van der Waals surface area contributed by atoms with Gasteiger partial charge in [0.1, 0.15) is 11.3 Å². The van der Waals surface area contributed by atoms with Gasteiger partial charge in [-0.05, 0) is 31.0 Å². The standard InChI is InChI=1S/C22H25N3O5S/c1-14-17-4-3-16(28-2)11-19(17)30-21(27)18(14)5-6-20(26)24-22-23-15(13-31-22)12-25-7-9-29-10-8-25/h3-4,11,13H,5-10,12H2,1-2H3,(H,23,24,26). The van der Waals surface area contributed by atoms with E-state index in [0.717, 1.165) is 49.5 Å². The predicted octanol–water partition coefficient (Wildman–Crippen LogP) is 2.97. The van der Waals surface area contributed by atoms with Crippen LogP contribution in [-0.2, 0) is 22.5 Å². The Kier molecular flexibility index (Phi) is 6.64. The van der Waals surface area contributed by atoms with E-state index in [1.54, 1.807) is 13.2 Å². The van der Waals surface area contributed by atoms with Crippen molar-refractivity contribution < 1.29 is 18.7 Å². The Labute approximate surface area is 183 Å². The zero-order chi connectivity index (χ0) is 21.8. The molecule has 0 bridgehead atoms. The van der Waals surface area contributed by atoms with Gasteiger partial charge in [-0.2, -0.15) is 0 Å². The number of nitrogens with one attached hydrogen (secondary N) is 1. The summed E-state index contributed by atoms with van der Waals surface area (Å²) in [6.45, 7) is 5.88. The topological polar surface area (TPSA) is 93.9 Å². The van der Waals surface area contributed by atoms with Gasteiger partial charge in [0, 0.05) is 48.5 Å². The first-order chi connectivity index (χ1) is 15.0. The van der Waals surface area contributed by atoms with E-state index in [4.69, 9.17) is 13.9 Å².